The van der Waals surface area contributed by atoms with Crippen LogP contribution in [0, 0.1) is 5.92 Å². The molecule has 1 unspecified atom stereocenters. The van der Waals surface area contributed by atoms with Crippen LogP contribution in [-0.4, -0.2) is 34.1 Å². The van der Waals surface area contributed by atoms with Gasteiger partial charge >= 0.3 is 5.97 Å². The van der Waals surface area contributed by atoms with E-state index in [0.717, 1.165) is 11.3 Å². The van der Waals surface area contributed by atoms with E-state index in [1.54, 1.807) is 0 Å². The number of nitrogens with zero attached hydrogens (tertiary/aromatic N) is 1. The van der Waals surface area contributed by atoms with Crippen molar-refractivity contribution >= 4 is 39.0 Å². The van der Waals surface area contributed by atoms with Crippen LogP contribution in [0.2, 0.25) is 0 Å². The van der Waals surface area contributed by atoms with E-state index in [1.807, 2.05) is 0 Å². The predicted octanol–water partition coefficient (Wildman–Crippen LogP) is 1.89. The van der Waals surface area contributed by atoms with Gasteiger partial charge in [-0.05, 0) is 0 Å². The second-order valence-corrected chi connectivity index (χ2v) is 5.60. The molecule has 0 aliphatic rings. The number of nitrogens with two attached hydrogens (primary N) is 1. The molecule has 0 aliphatic carbocycles. The van der Waals surface area contributed by atoms with Gasteiger partial charge < -0.3 is 20.7 Å². The summed E-state index contributed by atoms with van der Waals surface area (Å²) in [4.78, 5) is 26.9. The minimum Gasteiger partial charge on any atom is -0.503 e. The van der Waals surface area contributed by atoms with Crippen molar-refractivity contribution in [1.82, 2.24) is 4.98 Å². The van der Waals surface area contributed by atoms with E-state index < -0.39 is 11.9 Å². The Hall–Kier alpha value is -2.35. The van der Waals surface area contributed by atoms with Gasteiger partial charge in [0.1, 0.15) is 11.2 Å². The Balaban J connectivity index is 2.41. The third kappa shape index (κ3) is 2.75. The number of anilines is 1. The zero-order chi connectivity index (χ0) is 15.7. The summed E-state index contributed by atoms with van der Waals surface area (Å²) < 4.78 is 5.58. The summed E-state index contributed by atoms with van der Waals surface area (Å²) in [6.07, 6.45) is -0.141. The molecule has 0 radical (unpaired) electrons. The molecular weight excluding hydrogens is 296 g/mol. The van der Waals surface area contributed by atoms with Gasteiger partial charge in [0, 0.05) is 12.5 Å². The molecule has 0 bridgehead atoms. The van der Waals surface area contributed by atoms with E-state index in [1.165, 1.54) is 20.1 Å². The molecule has 8 heteroatoms. The van der Waals surface area contributed by atoms with Crippen molar-refractivity contribution in [3.05, 3.63) is 11.1 Å². The summed E-state index contributed by atoms with van der Waals surface area (Å²) in [7, 11) is 1.39. The lowest BCUT2D eigenvalue weighted by molar-refractivity contribution is -0.141. The number of aromatic nitrogens is 1. The maximum Gasteiger partial charge on any atom is 0.306 e. The topological polar surface area (TPSA) is 123 Å². The molecule has 7 nitrogen and oxygen atoms in total. The van der Waals surface area contributed by atoms with E-state index in [-0.39, 0.29) is 34.4 Å². The van der Waals surface area contributed by atoms with Crippen molar-refractivity contribution in [3.8, 4) is 11.5 Å². The van der Waals surface area contributed by atoms with Crippen molar-refractivity contribution in [1.29, 1.82) is 0 Å². The number of fused-ring (bicyclic) bond motifs is 1. The molecule has 2 aromatic rings. The molecule has 0 saturated carbocycles. The zero-order valence-electron chi connectivity index (χ0n) is 11.4. The summed E-state index contributed by atoms with van der Waals surface area (Å²) in [5.41, 5.74) is 6.11. The Bertz CT molecular complexity index is 725. The van der Waals surface area contributed by atoms with Crippen molar-refractivity contribution in [2.75, 3.05) is 12.8 Å². The maximum absolute atomic E-state index is 12.0. The highest BCUT2D eigenvalue weighted by Gasteiger charge is 2.22. The molecule has 2 rings (SSSR count). The van der Waals surface area contributed by atoms with Crippen LogP contribution < -0.4 is 10.5 Å². The predicted molar refractivity (Wildman–Crippen MR) is 78.0 cm³/mol. The number of carboxylic acid groups (broad SMARTS) is 1. The molecule has 0 spiro atoms. The number of rotatable bonds is 5. The second-order valence-electron chi connectivity index (χ2n) is 4.57. The first-order valence-electron chi connectivity index (χ1n) is 6.07. The number of benzene rings is 1. The number of carboxylic acids is 1. The Kier molecular flexibility index (Phi) is 3.99. The highest BCUT2D eigenvalue weighted by Crippen LogP contribution is 2.40. The molecule has 0 saturated heterocycles. The van der Waals surface area contributed by atoms with Gasteiger partial charge in [-0.2, -0.15) is 0 Å². The standard InChI is InChI=1S/C13H14N2O5S/c1-5(13(18)19)3-6(16)12-15-10-8(21-12)4-7(20-2)11(17)9(10)14/h4-5,17H,3,14H2,1-2H3,(H,18,19). The lowest BCUT2D eigenvalue weighted by Gasteiger charge is -2.05. The molecule has 0 amide bonds. The van der Waals surface area contributed by atoms with Crippen molar-refractivity contribution in [2.45, 2.75) is 13.3 Å². The number of hydrogen-bond donors (Lipinski definition) is 3. The fourth-order valence-electron chi connectivity index (χ4n) is 1.78. The Morgan fingerprint density at radius 3 is 2.76 bits per heavy atom. The third-order valence-corrected chi connectivity index (χ3v) is 4.07. The highest BCUT2D eigenvalue weighted by molar-refractivity contribution is 7.20. The lowest BCUT2D eigenvalue weighted by Crippen LogP contribution is -2.14. The second kappa shape index (κ2) is 5.57. The summed E-state index contributed by atoms with van der Waals surface area (Å²) in [5, 5.41) is 18.8. The SMILES string of the molecule is COc1cc2sc(C(=O)CC(C)C(=O)O)nc2c(N)c1O. The van der Waals surface area contributed by atoms with Gasteiger partial charge in [0.05, 0.1) is 17.7 Å². The molecule has 1 heterocycles. The van der Waals surface area contributed by atoms with Gasteiger partial charge in [-0.1, -0.05) is 6.92 Å². The number of aromatic hydroxyl groups is 1. The fraction of sp³-hybridized carbons (Fsp3) is 0.308. The highest BCUT2D eigenvalue weighted by atomic mass is 32.1. The van der Waals surface area contributed by atoms with Gasteiger partial charge in [-0.25, -0.2) is 4.98 Å². The molecule has 21 heavy (non-hydrogen) atoms. The molecular formula is C13H14N2O5S. The first kappa shape index (κ1) is 15.0. The normalized spacial score (nSPS) is 12.3. The number of Topliss-reactive ketones (excluding diaryl/α,β-unsaturated/α-hetero) is 1. The minimum absolute atomic E-state index is 0.0333. The van der Waals surface area contributed by atoms with Gasteiger partial charge in [0.15, 0.2) is 22.3 Å². The largest absolute Gasteiger partial charge is 0.503 e. The Morgan fingerprint density at radius 2 is 2.19 bits per heavy atom. The smallest absolute Gasteiger partial charge is 0.306 e. The summed E-state index contributed by atoms with van der Waals surface area (Å²) in [6, 6.07) is 1.54. The van der Waals surface area contributed by atoms with Crippen molar-refractivity contribution < 1.29 is 24.5 Å². The van der Waals surface area contributed by atoms with E-state index in [9.17, 15) is 14.7 Å². The minimum atomic E-state index is -1.04. The van der Waals surface area contributed by atoms with E-state index >= 15 is 0 Å². The van der Waals surface area contributed by atoms with E-state index in [4.69, 9.17) is 15.6 Å². The van der Waals surface area contributed by atoms with E-state index in [2.05, 4.69) is 4.98 Å². The summed E-state index contributed by atoms with van der Waals surface area (Å²) in [5.74, 6) is -2.23. The molecule has 112 valence electrons. The fourth-order valence-corrected chi connectivity index (χ4v) is 2.74. The number of phenolic OH excluding ortho intramolecular Hbond substituents is 1. The number of hydrogen-bond acceptors (Lipinski definition) is 7. The van der Waals surface area contributed by atoms with Crippen LogP contribution >= 0.6 is 11.3 Å². The number of carbonyl (C=O) groups excluding carboxylic acids is 1. The van der Waals surface area contributed by atoms with Gasteiger partial charge in [-0.3, -0.25) is 9.59 Å². The van der Waals surface area contributed by atoms with Crippen molar-refractivity contribution in [3.63, 3.8) is 0 Å². The van der Waals surface area contributed by atoms with Gasteiger partial charge in [0.2, 0.25) is 0 Å². The third-order valence-electron chi connectivity index (χ3n) is 3.03. The van der Waals surface area contributed by atoms with Gasteiger partial charge in [-0.15, -0.1) is 11.3 Å². The first-order valence-corrected chi connectivity index (χ1v) is 6.88. The average Bonchev–Trinajstić information content (AvgIpc) is 2.86. The van der Waals surface area contributed by atoms with Crippen LogP contribution in [0.4, 0.5) is 5.69 Å². The molecule has 0 fully saturated rings. The monoisotopic (exact) mass is 310 g/mol. The number of thiazole rings is 1. The van der Waals surface area contributed by atoms with Crippen LogP contribution in [0.15, 0.2) is 6.07 Å². The van der Waals surface area contributed by atoms with Crippen LogP contribution in [-0.2, 0) is 4.79 Å². The number of methoxy groups -OCH3 is 1. The van der Waals surface area contributed by atoms with Crippen molar-refractivity contribution in [2.24, 2.45) is 5.92 Å². The van der Waals surface area contributed by atoms with E-state index in [0.29, 0.717) is 10.2 Å². The van der Waals surface area contributed by atoms with Gasteiger partial charge in [0.25, 0.3) is 0 Å². The average molecular weight is 310 g/mol. The number of nitrogen functional groups attached to an aromatic ring is 1. The number of ether oxygens (including phenoxy) is 1. The number of phenols is 1. The molecule has 1 atom stereocenters. The molecule has 4 N–H and O–H groups in total. The molecule has 1 aromatic heterocycles. The Morgan fingerprint density at radius 1 is 1.52 bits per heavy atom. The quantitative estimate of drug-likeness (QED) is 0.437. The van der Waals surface area contributed by atoms with Crippen LogP contribution in [0.25, 0.3) is 10.2 Å². The molecule has 0 aliphatic heterocycles. The Labute approximate surface area is 124 Å². The lowest BCUT2D eigenvalue weighted by atomic mass is 10.1. The summed E-state index contributed by atoms with van der Waals surface area (Å²) >= 11 is 1.09. The summed E-state index contributed by atoms with van der Waals surface area (Å²) in [6.45, 7) is 1.46. The zero-order valence-corrected chi connectivity index (χ0v) is 12.2. The molecule has 1 aromatic carbocycles. The number of aliphatic carboxylic acids is 1. The van der Waals surface area contributed by atoms with Crippen LogP contribution in [0.5, 0.6) is 11.5 Å². The van der Waals surface area contributed by atoms with Crippen LogP contribution in [0.3, 0.4) is 0 Å². The number of ketones is 1. The maximum atomic E-state index is 12.0. The number of carbonyl (C=O) groups is 2. The first-order chi connectivity index (χ1) is 9.85. The van der Waals surface area contributed by atoms with Crippen LogP contribution in [0.1, 0.15) is 23.1 Å².